The van der Waals surface area contributed by atoms with Crippen LogP contribution in [0.3, 0.4) is 0 Å². The zero-order chi connectivity index (χ0) is 47.2. The van der Waals surface area contributed by atoms with Crippen LogP contribution in [-0.4, -0.2) is 153 Å². The van der Waals surface area contributed by atoms with Crippen molar-refractivity contribution in [2.45, 2.75) is 193 Å². The van der Waals surface area contributed by atoms with Gasteiger partial charge in [0, 0.05) is 53.1 Å². The second-order valence-electron chi connectivity index (χ2n) is 17.1. The fourth-order valence-electron chi connectivity index (χ4n) is 8.57. The molecule has 16 atom stereocenters. The van der Waals surface area contributed by atoms with Crippen LogP contribution in [0, 0.1) is 11.8 Å². The van der Waals surface area contributed by atoms with Crippen LogP contribution in [0.2, 0.25) is 0 Å². The van der Waals surface area contributed by atoms with Crippen molar-refractivity contribution >= 4 is 36.1 Å². The summed E-state index contributed by atoms with van der Waals surface area (Å²) in [5.74, 6) is -4.06. The second kappa shape index (κ2) is 25.1. The maximum atomic E-state index is 13.4. The average molecular weight is 898 g/mol. The molecular weight excluding hydrogens is 826 g/mol. The van der Waals surface area contributed by atoms with Crippen molar-refractivity contribution in [3.8, 4) is 0 Å². The summed E-state index contributed by atoms with van der Waals surface area (Å²) in [5.41, 5.74) is -1.33. The maximum Gasteiger partial charge on any atom is 0.309 e. The third-order valence-electron chi connectivity index (χ3n) is 11.5. The highest BCUT2D eigenvalue weighted by Gasteiger charge is 2.54. The number of aldehydes is 1. The Labute approximate surface area is 371 Å². The summed E-state index contributed by atoms with van der Waals surface area (Å²) in [7, 11) is 4.82. The molecule has 0 aliphatic carbocycles. The summed E-state index contributed by atoms with van der Waals surface area (Å²) in [4.78, 5) is 77.6. The number of hydrogen-bond donors (Lipinski definition) is 1. The molecule has 2 saturated heterocycles. The topological polar surface area (TPSA) is 218 Å². The lowest BCUT2D eigenvalue weighted by Crippen LogP contribution is -2.66. The van der Waals surface area contributed by atoms with E-state index in [9.17, 15) is 33.9 Å². The number of esters is 5. The first kappa shape index (κ1) is 53.6. The van der Waals surface area contributed by atoms with Gasteiger partial charge in [-0.05, 0) is 66.1 Å². The van der Waals surface area contributed by atoms with E-state index in [4.69, 9.17) is 47.4 Å². The van der Waals surface area contributed by atoms with Crippen molar-refractivity contribution in [3.63, 3.8) is 0 Å². The van der Waals surface area contributed by atoms with E-state index in [-0.39, 0.29) is 32.1 Å². The van der Waals surface area contributed by atoms with E-state index < -0.39 is 133 Å². The van der Waals surface area contributed by atoms with Gasteiger partial charge in [0.05, 0.1) is 30.8 Å². The lowest BCUT2D eigenvalue weighted by atomic mass is 9.82. The summed E-state index contributed by atoms with van der Waals surface area (Å²) < 4.78 is 60.7. The zero-order valence-corrected chi connectivity index (χ0v) is 38.9. The Balaban J connectivity index is 2.09. The summed E-state index contributed by atoms with van der Waals surface area (Å²) in [5, 5.41) is 12.2. The van der Waals surface area contributed by atoms with Crippen LogP contribution in [-0.2, 0) is 76.1 Å². The van der Waals surface area contributed by atoms with Gasteiger partial charge in [-0.1, -0.05) is 39.0 Å². The highest BCUT2D eigenvalue weighted by molar-refractivity contribution is 5.73. The number of hydrogen-bond acceptors (Lipinski definition) is 18. The number of methoxy groups -OCH3 is 1. The molecule has 0 aromatic rings. The number of carbonyl (C=O) groups excluding carboxylic acids is 6. The number of aliphatic hydroxyl groups is 1. The molecule has 63 heavy (non-hydrogen) atoms. The molecule has 1 N–H and O–H groups in total. The molecule has 3 aliphatic rings. The number of likely N-dealkylation sites (N-methyl/N-ethyl adjacent to an activating group) is 1. The van der Waals surface area contributed by atoms with Crippen LogP contribution >= 0.6 is 0 Å². The fraction of sp³-hybridized carbons (Fsp3) is 0.778. The normalized spacial score (nSPS) is 38.1. The fourth-order valence-corrected chi connectivity index (χ4v) is 8.57. The zero-order valence-electron chi connectivity index (χ0n) is 38.9. The smallest absolute Gasteiger partial charge is 0.309 e. The predicted molar refractivity (Wildman–Crippen MR) is 224 cm³/mol. The summed E-state index contributed by atoms with van der Waals surface area (Å²) in [6.45, 7) is 14.4. The highest BCUT2D eigenvalue weighted by Crippen LogP contribution is 2.39. The number of allylic oxidation sites excluding steroid dienone is 2. The summed E-state index contributed by atoms with van der Waals surface area (Å²) in [6, 6.07) is -0.833. The SMILES string of the molecule is CCC(=O)O[C@@H]1CC(=O)O[C@H](C)C/C=C/C=C/[C@H](OC(C)=O)[C@H](C)C[C@H](CC=O)[C@H](O[C@@H]2O[C@H](C)C(O[C@H]3C[C@@](C)(OC(C)=O)[C@@H](OC(=O)CC)[C@H](C)O3)[C@H](N(C)C)[C@H]2O)[C@H]1OC. The Hall–Kier alpha value is -3.78. The van der Waals surface area contributed by atoms with Crippen LogP contribution in [0.5, 0.6) is 0 Å². The number of aliphatic hydroxyl groups excluding tert-OH is 1. The minimum atomic E-state index is -1.45. The van der Waals surface area contributed by atoms with Gasteiger partial charge in [-0.25, -0.2) is 0 Å². The van der Waals surface area contributed by atoms with Gasteiger partial charge < -0.3 is 62.2 Å². The molecule has 0 amide bonds. The van der Waals surface area contributed by atoms with E-state index in [1.807, 2.05) is 6.92 Å². The lowest BCUT2D eigenvalue weighted by molar-refractivity contribution is -0.344. The van der Waals surface area contributed by atoms with E-state index in [1.54, 1.807) is 84.8 Å². The molecule has 0 aromatic carbocycles. The Morgan fingerprint density at radius 3 is 2.16 bits per heavy atom. The minimum absolute atomic E-state index is 0.0260. The number of cyclic esters (lactones) is 1. The first-order chi connectivity index (χ1) is 29.7. The summed E-state index contributed by atoms with van der Waals surface area (Å²) >= 11 is 0. The molecule has 358 valence electrons. The van der Waals surface area contributed by atoms with Gasteiger partial charge in [-0.2, -0.15) is 0 Å². The molecule has 18 heteroatoms. The monoisotopic (exact) mass is 897 g/mol. The van der Waals surface area contributed by atoms with E-state index >= 15 is 0 Å². The molecule has 1 unspecified atom stereocenters. The molecule has 0 saturated carbocycles. The molecule has 0 aromatic heterocycles. The largest absolute Gasteiger partial charge is 0.462 e. The van der Waals surface area contributed by atoms with Crippen molar-refractivity contribution in [3.05, 3.63) is 24.3 Å². The van der Waals surface area contributed by atoms with Gasteiger partial charge in [-0.3, -0.25) is 24.0 Å². The van der Waals surface area contributed by atoms with Gasteiger partial charge in [0.1, 0.15) is 42.9 Å². The van der Waals surface area contributed by atoms with Crippen LogP contribution in [0.1, 0.15) is 107 Å². The quantitative estimate of drug-likeness (QED) is 0.148. The number of rotatable bonds is 14. The highest BCUT2D eigenvalue weighted by atomic mass is 16.7. The van der Waals surface area contributed by atoms with Gasteiger partial charge in [-0.15, -0.1) is 0 Å². The number of ether oxygens (including phenoxy) is 10. The molecule has 0 spiro atoms. The summed E-state index contributed by atoms with van der Waals surface area (Å²) in [6.07, 6.45) is -4.48. The van der Waals surface area contributed by atoms with Crippen molar-refractivity contribution in [2.24, 2.45) is 11.8 Å². The Bertz CT molecular complexity index is 1590. The van der Waals surface area contributed by atoms with Crippen molar-refractivity contribution < 1.29 is 81.2 Å². The van der Waals surface area contributed by atoms with Gasteiger partial charge >= 0.3 is 29.8 Å². The van der Waals surface area contributed by atoms with Crippen LogP contribution < -0.4 is 0 Å². The second-order valence-corrected chi connectivity index (χ2v) is 17.1. The molecule has 3 rings (SSSR count). The molecule has 3 aliphatic heterocycles. The third kappa shape index (κ3) is 15.4. The van der Waals surface area contributed by atoms with Crippen LogP contribution in [0.25, 0.3) is 0 Å². The first-order valence-corrected chi connectivity index (χ1v) is 21.9. The Kier molecular flexibility index (Phi) is 21.3. The van der Waals surface area contributed by atoms with E-state index in [0.717, 1.165) is 0 Å². The predicted octanol–water partition coefficient (Wildman–Crippen LogP) is 3.91. The van der Waals surface area contributed by atoms with Crippen LogP contribution in [0.4, 0.5) is 0 Å². The average Bonchev–Trinajstić information content (AvgIpc) is 3.18. The Morgan fingerprint density at radius 2 is 1.57 bits per heavy atom. The Morgan fingerprint density at radius 1 is 0.905 bits per heavy atom. The lowest BCUT2D eigenvalue weighted by Gasteiger charge is -2.50. The standard InChI is InChI=1S/C45H71NO17/c1-13-34(50)59-33-23-36(52)55-26(4)18-16-15-17-19-32(58-29(7)48)25(3)22-31(20-21-47)41(42(33)54-12)62-44-39(53)38(46(10)11)40(27(5)57-44)61-37-24-45(9,63-30(8)49)43(28(6)56-37)60-35(51)14-2/h15-17,19,21,25-28,31-33,37-44,53H,13-14,18,20,22-24H2,1-12H3/b16-15+,19-17+/t25-,26-,27-,28+,31+,32+,33-,37+,38-,39-,40?,41+,42+,43+,44+,45-/m1/s1. The van der Waals surface area contributed by atoms with Crippen molar-refractivity contribution in [1.29, 1.82) is 0 Å². The molecule has 2 fully saturated rings. The molecule has 0 bridgehead atoms. The van der Waals surface area contributed by atoms with Gasteiger partial charge in [0.25, 0.3) is 0 Å². The van der Waals surface area contributed by atoms with E-state index in [0.29, 0.717) is 12.7 Å². The minimum Gasteiger partial charge on any atom is -0.462 e. The third-order valence-corrected chi connectivity index (χ3v) is 11.5. The van der Waals surface area contributed by atoms with E-state index in [2.05, 4.69) is 0 Å². The first-order valence-electron chi connectivity index (χ1n) is 21.9. The van der Waals surface area contributed by atoms with Crippen molar-refractivity contribution in [2.75, 3.05) is 21.2 Å². The molecule has 18 nitrogen and oxygen atoms in total. The molecular formula is C45H71NO17. The number of carbonyl (C=O) groups is 6. The molecule has 0 radical (unpaired) electrons. The van der Waals surface area contributed by atoms with Crippen LogP contribution in [0.15, 0.2) is 24.3 Å². The van der Waals surface area contributed by atoms with Gasteiger partial charge in [0.15, 0.2) is 24.3 Å². The number of nitrogens with zero attached hydrogens (tertiary/aromatic N) is 1. The van der Waals surface area contributed by atoms with Crippen molar-refractivity contribution in [1.82, 2.24) is 4.90 Å². The maximum absolute atomic E-state index is 13.4. The van der Waals surface area contributed by atoms with Gasteiger partial charge in [0.2, 0.25) is 0 Å². The molecule has 3 heterocycles. The van der Waals surface area contributed by atoms with E-state index in [1.165, 1.54) is 21.0 Å².